The van der Waals surface area contributed by atoms with E-state index in [4.69, 9.17) is 5.11 Å². The van der Waals surface area contributed by atoms with Crippen molar-refractivity contribution in [1.29, 1.82) is 0 Å². The molecule has 0 spiro atoms. The van der Waals surface area contributed by atoms with Crippen LogP contribution in [0.5, 0.6) is 0 Å². The zero-order chi connectivity index (χ0) is 17.6. The van der Waals surface area contributed by atoms with Gasteiger partial charge in [0.25, 0.3) is 0 Å². The molecule has 1 aliphatic heterocycles. The Labute approximate surface area is 134 Å². The van der Waals surface area contributed by atoms with Crippen molar-refractivity contribution < 1.29 is 23.1 Å². The highest BCUT2D eigenvalue weighted by molar-refractivity contribution is 5.88. The molecule has 1 fully saturated rings. The van der Waals surface area contributed by atoms with E-state index in [0.29, 0.717) is 5.92 Å². The van der Waals surface area contributed by atoms with Crippen LogP contribution >= 0.6 is 0 Å². The molecule has 1 aromatic carbocycles. The van der Waals surface area contributed by atoms with Crippen LogP contribution in [0, 0.1) is 5.92 Å². The van der Waals surface area contributed by atoms with E-state index in [1.54, 1.807) is 0 Å². The van der Waals surface area contributed by atoms with Gasteiger partial charge in [0.2, 0.25) is 0 Å². The molecule has 7 heteroatoms. The molecule has 0 radical (unpaired) electrons. The molecule has 0 bridgehead atoms. The number of aromatic carboxylic acids is 1. The maximum absolute atomic E-state index is 13.0. The van der Waals surface area contributed by atoms with Crippen LogP contribution in [0.1, 0.15) is 34.8 Å². The molecule has 2 N–H and O–H groups in total. The van der Waals surface area contributed by atoms with Gasteiger partial charge in [0.15, 0.2) is 0 Å². The summed E-state index contributed by atoms with van der Waals surface area (Å²) >= 11 is 0. The summed E-state index contributed by atoms with van der Waals surface area (Å²) < 4.78 is 39.1. The first-order valence-electron chi connectivity index (χ1n) is 7.43. The van der Waals surface area contributed by atoms with Crippen molar-refractivity contribution >= 4 is 5.97 Å². The molecule has 4 nitrogen and oxygen atoms in total. The molecule has 1 unspecified atom stereocenters. The lowest BCUT2D eigenvalue weighted by Crippen LogP contribution is -2.22. The van der Waals surface area contributed by atoms with E-state index < -0.39 is 17.7 Å². The van der Waals surface area contributed by atoms with Crippen LogP contribution in [0.4, 0.5) is 13.2 Å². The van der Waals surface area contributed by atoms with E-state index in [9.17, 15) is 18.0 Å². The number of hydrogen-bond acceptors (Lipinski definition) is 3. The first-order valence-corrected chi connectivity index (χ1v) is 7.43. The number of nitrogens with zero attached hydrogens (tertiary/aromatic N) is 1. The van der Waals surface area contributed by atoms with Gasteiger partial charge >= 0.3 is 12.1 Å². The van der Waals surface area contributed by atoms with Gasteiger partial charge in [-0.1, -0.05) is 13.0 Å². The van der Waals surface area contributed by atoms with Crippen LogP contribution in [-0.2, 0) is 12.7 Å². The van der Waals surface area contributed by atoms with Gasteiger partial charge in [-0.15, -0.1) is 0 Å². The number of likely N-dealkylation sites (tertiary alicyclic amines) is 1. The van der Waals surface area contributed by atoms with Crippen LogP contribution in [0.15, 0.2) is 18.2 Å². The van der Waals surface area contributed by atoms with Crippen molar-refractivity contribution in [2.24, 2.45) is 5.92 Å². The number of benzene rings is 1. The van der Waals surface area contributed by atoms with Gasteiger partial charge < -0.3 is 10.4 Å². The van der Waals surface area contributed by atoms with Crippen molar-refractivity contribution in [1.82, 2.24) is 10.2 Å². The summed E-state index contributed by atoms with van der Waals surface area (Å²) in [6, 6.07) is 3.22. The van der Waals surface area contributed by atoms with Crippen LogP contribution in [0.2, 0.25) is 0 Å². The fraction of sp³-hybridized carbons (Fsp3) is 0.562. The first kappa shape index (κ1) is 19.4. The Morgan fingerprint density at radius 3 is 2.43 bits per heavy atom. The zero-order valence-corrected chi connectivity index (χ0v) is 13.6. The highest BCUT2D eigenvalue weighted by Crippen LogP contribution is 2.34. The summed E-state index contributed by atoms with van der Waals surface area (Å²) in [5.41, 5.74) is -1.05. The van der Waals surface area contributed by atoms with E-state index in [-0.39, 0.29) is 17.7 Å². The predicted molar refractivity (Wildman–Crippen MR) is 82.4 cm³/mol. The second-order valence-electron chi connectivity index (χ2n) is 5.80. The molecule has 23 heavy (non-hydrogen) atoms. The second kappa shape index (κ2) is 8.31. The summed E-state index contributed by atoms with van der Waals surface area (Å²) in [6.07, 6.45) is -3.55. The van der Waals surface area contributed by atoms with Crippen molar-refractivity contribution in [3.63, 3.8) is 0 Å². The molecule has 0 saturated carbocycles. The minimum Gasteiger partial charge on any atom is -0.478 e. The Balaban J connectivity index is 0.000000816. The first-order chi connectivity index (χ1) is 10.7. The smallest absolute Gasteiger partial charge is 0.416 e. The lowest BCUT2D eigenvalue weighted by atomic mass is 10.0. The Bertz CT molecular complexity index is 533. The van der Waals surface area contributed by atoms with Gasteiger partial charge in [0, 0.05) is 13.1 Å². The third-order valence-electron chi connectivity index (χ3n) is 3.56. The summed E-state index contributed by atoms with van der Waals surface area (Å²) in [7, 11) is 3.75. The fourth-order valence-electron chi connectivity index (χ4n) is 2.52. The standard InChI is InChI=1S/C14H16F3NO2.C2H7N/c1-9-4-5-18(7-9)8-11-3-2-10(13(19)20)6-12(11)14(15,16)17;1-3-2/h2-3,6,9H,4-5,7-8H2,1H3,(H,19,20);3H,1-2H3. The average molecular weight is 332 g/mol. The fourth-order valence-corrected chi connectivity index (χ4v) is 2.52. The third kappa shape index (κ3) is 5.84. The molecule has 1 heterocycles. The van der Waals surface area contributed by atoms with Gasteiger partial charge in [-0.05, 0) is 50.7 Å². The molecule has 0 amide bonds. The van der Waals surface area contributed by atoms with Gasteiger partial charge in [0.1, 0.15) is 0 Å². The van der Waals surface area contributed by atoms with Crippen LogP contribution in [-0.4, -0.2) is 43.2 Å². The largest absolute Gasteiger partial charge is 0.478 e. The minimum atomic E-state index is -4.54. The van der Waals surface area contributed by atoms with Crippen molar-refractivity contribution in [2.45, 2.75) is 26.1 Å². The van der Waals surface area contributed by atoms with Crippen LogP contribution < -0.4 is 5.32 Å². The number of carbonyl (C=O) groups is 1. The minimum absolute atomic E-state index is 0.136. The second-order valence-corrected chi connectivity index (χ2v) is 5.80. The van der Waals surface area contributed by atoms with E-state index in [0.717, 1.165) is 25.6 Å². The number of hydrogen-bond donors (Lipinski definition) is 2. The Morgan fingerprint density at radius 2 is 2.00 bits per heavy atom. The number of carboxylic acid groups (broad SMARTS) is 1. The van der Waals surface area contributed by atoms with Gasteiger partial charge in [-0.25, -0.2) is 4.79 Å². The van der Waals surface area contributed by atoms with Gasteiger partial charge in [-0.3, -0.25) is 4.90 Å². The van der Waals surface area contributed by atoms with E-state index in [1.807, 2.05) is 19.0 Å². The number of carboxylic acids is 1. The molecular weight excluding hydrogens is 309 g/mol. The van der Waals surface area contributed by atoms with Crippen LogP contribution in [0.3, 0.4) is 0 Å². The summed E-state index contributed by atoms with van der Waals surface area (Å²) in [5, 5.41) is 11.6. The average Bonchev–Trinajstić information content (AvgIpc) is 2.84. The lowest BCUT2D eigenvalue weighted by Gasteiger charge is -2.19. The Kier molecular flexibility index (Phi) is 7.02. The molecule has 1 aliphatic rings. The summed E-state index contributed by atoms with van der Waals surface area (Å²) in [4.78, 5) is 12.8. The van der Waals surface area contributed by atoms with E-state index >= 15 is 0 Å². The zero-order valence-electron chi connectivity index (χ0n) is 13.6. The molecule has 0 aromatic heterocycles. The number of halogens is 3. The highest BCUT2D eigenvalue weighted by Gasteiger charge is 2.34. The van der Waals surface area contributed by atoms with E-state index in [2.05, 4.69) is 12.2 Å². The van der Waals surface area contributed by atoms with E-state index in [1.165, 1.54) is 12.1 Å². The molecule has 2 rings (SSSR count). The normalized spacial score (nSPS) is 18.4. The number of nitrogens with one attached hydrogen (secondary N) is 1. The topological polar surface area (TPSA) is 52.6 Å². The number of rotatable bonds is 3. The lowest BCUT2D eigenvalue weighted by molar-refractivity contribution is -0.138. The Hall–Kier alpha value is -1.60. The third-order valence-corrected chi connectivity index (χ3v) is 3.56. The van der Waals surface area contributed by atoms with Crippen molar-refractivity contribution in [3.8, 4) is 0 Å². The Morgan fingerprint density at radius 1 is 1.39 bits per heavy atom. The molecule has 0 aliphatic carbocycles. The molecule has 1 aromatic rings. The van der Waals surface area contributed by atoms with Crippen molar-refractivity contribution in [3.05, 3.63) is 34.9 Å². The highest BCUT2D eigenvalue weighted by atomic mass is 19.4. The quantitative estimate of drug-likeness (QED) is 0.893. The molecular formula is C16H23F3N2O2. The maximum Gasteiger partial charge on any atom is 0.416 e. The predicted octanol–water partition coefficient (Wildman–Crippen LogP) is 3.08. The van der Waals surface area contributed by atoms with Gasteiger partial charge in [-0.2, -0.15) is 13.2 Å². The molecule has 130 valence electrons. The summed E-state index contributed by atoms with van der Waals surface area (Å²) in [6.45, 7) is 3.83. The molecule has 1 atom stereocenters. The van der Waals surface area contributed by atoms with Crippen LogP contribution in [0.25, 0.3) is 0 Å². The summed E-state index contributed by atoms with van der Waals surface area (Å²) in [5.74, 6) is -0.862. The monoisotopic (exact) mass is 332 g/mol. The van der Waals surface area contributed by atoms with Gasteiger partial charge in [0.05, 0.1) is 11.1 Å². The maximum atomic E-state index is 13.0. The van der Waals surface area contributed by atoms with Crippen molar-refractivity contribution in [2.75, 3.05) is 27.2 Å². The SMILES string of the molecule is CC1CCN(Cc2ccc(C(=O)O)cc2C(F)(F)F)C1.CNC. The molecule has 1 saturated heterocycles. The number of alkyl halides is 3.